The summed E-state index contributed by atoms with van der Waals surface area (Å²) in [6.07, 6.45) is -4.23. The molecule has 0 aliphatic carbocycles. The lowest BCUT2D eigenvalue weighted by molar-refractivity contribution is -0.291. The molecule has 0 unspecified atom stereocenters. The Kier molecular flexibility index (Phi) is 9.32. The van der Waals surface area contributed by atoms with Gasteiger partial charge in [-0.2, -0.15) is 27.2 Å². The molecule has 40 heavy (non-hydrogen) atoms. The fourth-order valence-corrected chi connectivity index (χ4v) is 4.98. The summed E-state index contributed by atoms with van der Waals surface area (Å²) in [5.41, 5.74) is 1.21. The fourth-order valence-electron chi connectivity index (χ4n) is 4.05. The van der Waals surface area contributed by atoms with E-state index in [0.29, 0.717) is 17.5 Å². The highest BCUT2D eigenvalue weighted by Gasteiger charge is 2.61. The van der Waals surface area contributed by atoms with Gasteiger partial charge in [-0.05, 0) is 47.3 Å². The van der Waals surface area contributed by atoms with Crippen LogP contribution in [0.25, 0.3) is 11.1 Å². The molecule has 0 fully saturated rings. The molecule has 3 aromatic rings. The van der Waals surface area contributed by atoms with Crippen LogP contribution in [0.15, 0.2) is 48.5 Å². The second-order valence-electron chi connectivity index (χ2n) is 11.5. The van der Waals surface area contributed by atoms with Crippen molar-refractivity contribution in [1.29, 1.82) is 5.26 Å². The fraction of sp³-hybridized carbons (Fsp3) is 0.467. The Hall–Kier alpha value is -3.03. The quantitative estimate of drug-likeness (QED) is 0.178. The molecule has 0 amide bonds. The average molecular weight is 578 g/mol. The van der Waals surface area contributed by atoms with Gasteiger partial charge in [-0.15, -0.1) is 0 Å². The van der Waals surface area contributed by atoms with Crippen LogP contribution in [-0.2, 0) is 29.9 Å². The van der Waals surface area contributed by atoms with Gasteiger partial charge >= 0.3 is 12.1 Å². The maximum Gasteiger partial charge on any atom is 0.459 e. The molecule has 0 bridgehead atoms. The largest absolute Gasteiger partial charge is 0.459 e. The van der Waals surface area contributed by atoms with Gasteiger partial charge in [0.25, 0.3) is 0 Å². The number of imidazole rings is 1. The van der Waals surface area contributed by atoms with Gasteiger partial charge in [0.15, 0.2) is 8.32 Å². The van der Waals surface area contributed by atoms with Gasteiger partial charge in [0.2, 0.25) is 0 Å². The molecule has 0 N–H and O–H groups in total. The summed E-state index contributed by atoms with van der Waals surface area (Å²) in [7, 11) is -2.49. The topological polar surface area (TPSA) is 50.8 Å². The van der Waals surface area contributed by atoms with Gasteiger partial charge < -0.3 is 8.99 Å². The molecule has 10 heteroatoms. The number of halogens is 5. The average Bonchev–Trinajstić information content (AvgIpc) is 3.22. The minimum atomic E-state index is -5.80. The van der Waals surface area contributed by atoms with Crippen LogP contribution < -0.4 is 0 Å². The van der Waals surface area contributed by atoms with Crippen LogP contribution in [-0.4, -0.2) is 24.0 Å². The van der Waals surface area contributed by atoms with Gasteiger partial charge in [0, 0.05) is 13.0 Å². The molecule has 216 valence electrons. The van der Waals surface area contributed by atoms with Crippen molar-refractivity contribution in [2.45, 2.75) is 90.3 Å². The number of nitriles is 1. The van der Waals surface area contributed by atoms with Crippen LogP contribution in [0.2, 0.25) is 18.1 Å². The van der Waals surface area contributed by atoms with Gasteiger partial charge in [-0.3, -0.25) is 0 Å². The molecule has 4 nitrogen and oxygen atoms in total. The summed E-state index contributed by atoms with van der Waals surface area (Å²) in [4.78, 5) is 3.92. The number of alkyl halides is 5. The molecule has 0 atom stereocenters. The number of rotatable bonds is 10. The lowest BCUT2D eigenvalue weighted by Crippen LogP contribution is -2.41. The molecule has 1 aromatic heterocycles. The maximum atomic E-state index is 14.9. The first-order valence-corrected chi connectivity index (χ1v) is 16.2. The van der Waals surface area contributed by atoms with Crippen molar-refractivity contribution < 1.29 is 26.4 Å². The SMILES string of the molecule is CCCCc1nc(C(F)(F)C(F)(F)F)c(CO[Si](C)(C)C(C)(C)C)n1Cc1ccc(-c2ccccc2C#N)cc1. The highest BCUT2D eigenvalue weighted by molar-refractivity contribution is 6.74. The maximum absolute atomic E-state index is 14.9. The van der Waals surface area contributed by atoms with E-state index in [2.05, 4.69) is 11.1 Å². The third-order valence-electron chi connectivity index (χ3n) is 7.59. The summed E-state index contributed by atoms with van der Waals surface area (Å²) >= 11 is 0. The molecule has 0 aliphatic rings. The number of aromatic nitrogens is 2. The Labute approximate surface area is 233 Å². The third kappa shape index (κ3) is 6.64. The highest BCUT2D eigenvalue weighted by atomic mass is 28.4. The first-order valence-electron chi connectivity index (χ1n) is 13.3. The molecule has 0 aliphatic heterocycles. The molecule has 1 heterocycles. The number of benzene rings is 2. The predicted octanol–water partition coefficient (Wildman–Crippen LogP) is 8.99. The standard InChI is InChI=1S/C30H36F5N3OSi/c1-7-8-13-26-37-27(29(31,32)30(33,34)35)25(20-39-40(5,6)28(2,3)4)38(26)19-21-14-16-22(17-15-21)24-12-10-9-11-23(24)18-36/h9-12,14-17H,7-8,13,19-20H2,1-6H3. The molecule has 0 saturated carbocycles. The zero-order valence-electron chi connectivity index (χ0n) is 23.8. The molecule has 3 rings (SSSR count). The van der Waals surface area contributed by atoms with E-state index in [0.717, 1.165) is 17.5 Å². The summed E-state index contributed by atoms with van der Waals surface area (Å²) in [5, 5.41) is 9.16. The summed E-state index contributed by atoms with van der Waals surface area (Å²) < 4.78 is 78.2. The second kappa shape index (κ2) is 11.8. The van der Waals surface area contributed by atoms with Gasteiger partial charge in [-0.1, -0.05) is 76.6 Å². The summed E-state index contributed by atoms with van der Waals surface area (Å²) in [6, 6.07) is 16.5. The molecule has 0 saturated heterocycles. The second-order valence-corrected chi connectivity index (χ2v) is 16.3. The number of unbranched alkanes of at least 4 members (excludes halogenated alkanes) is 1. The van der Waals surface area contributed by atoms with E-state index in [1.165, 1.54) is 4.57 Å². The highest BCUT2D eigenvalue weighted by Crippen LogP contribution is 2.46. The van der Waals surface area contributed by atoms with Gasteiger partial charge in [-0.25, -0.2) is 4.98 Å². The van der Waals surface area contributed by atoms with Crippen molar-refractivity contribution >= 4 is 8.32 Å². The van der Waals surface area contributed by atoms with Crippen LogP contribution in [0.4, 0.5) is 22.0 Å². The summed E-state index contributed by atoms with van der Waals surface area (Å²) in [6.45, 7) is 11.3. The molecular formula is C30H36F5N3OSi. The minimum absolute atomic E-state index is 0.0519. The lowest BCUT2D eigenvalue weighted by atomic mass is 9.99. The number of aryl methyl sites for hydroxylation is 1. The third-order valence-corrected chi connectivity index (χ3v) is 12.1. The predicted molar refractivity (Wildman–Crippen MR) is 148 cm³/mol. The van der Waals surface area contributed by atoms with Gasteiger partial charge in [0.05, 0.1) is 23.9 Å². The number of hydrogen-bond donors (Lipinski definition) is 0. The Morgan fingerprint density at radius 3 is 2.15 bits per heavy atom. The van der Waals surface area contributed by atoms with Crippen molar-refractivity contribution in [3.63, 3.8) is 0 Å². The van der Waals surface area contributed by atoms with E-state index in [4.69, 9.17) is 4.43 Å². The zero-order valence-corrected chi connectivity index (χ0v) is 24.8. The number of nitrogens with zero attached hydrogens (tertiary/aromatic N) is 3. The molecule has 0 radical (unpaired) electrons. The molecule has 2 aromatic carbocycles. The van der Waals surface area contributed by atoms with E-state index in [-0.39, 0.29) is 29.5 Å². The van der Waals surface area contributed by atoms with E-state index in [1.54, 1.807) is 24.3 Å². The van der Waals surface area contributed by atoms with Crippen LogP contribution in [0.3, 0.4) is 0 Å². The van der Waals surface area contributed by atoms with Crippen molar-refractivity contribution in [3.05, 3.63) is 76.9 Å². The molecule has 0 spiro atoms. The monoisotopic (exact) mass is 577 g/mol. The molecular weight excluding hydrogens is 541 g/mol. The van der Waals surface area contributed by atoms with Crippen molar-refractivity contribution in [3.8, 4) is 17.2 Å². The Balaban J connectivity index is 2.11. The first-order chi connectivity index (χ1) is 18.5. The smallest absolute Gasteiger partial charge is 0.411 e. The Morgan fingerprint density at radius 1 is 0.975 bits per heavy atom. The normalized spacial score (nSPS) is 12.9. The van der Waals surface area contributed by atoms with Crippen LogP contribution >= 0.6 is 0 Å². The number of hydrogen-bond acceptors (Lipinski definition) is 3. The van der Waals surface area contributed by atoms with Crippen molar-refractivity contribution in [2.24, 2.45) is 0 Å². The van der Waals surface area contributed by atoms with E-state index >= 15 is 0 Å². The Bertz CT molecular complexity index is 1350. The zero-order chi connectivity index (χ0) is 29.9. The van der Waals surface area contributed by atoms with Crippen LogP contribution in [0.1, 0.15) is 68.9 Å². The lowest BCUT2D eigenvalue weighted by Gasteiger charge is -2.36. The van der Waals surface area contributed by atoms with E-state index < -0.39 is 32.7 Å². The van der Waals surface area contributed by atoms with E-state index in [1.807, 2.05) is 65.1 Å². The van der Waals surface area contributed by atoms with E-state index in [9.17, 15) is 27.2 Å². The van der Waals surface area contributed by atoms with Crippen molar-refractivity contribution in [2.75, 3.05) is 0 Å². The van der Waals surface area contributed by atoms with Crippen molar-refractivity contribution in [1.82, 2.24) is 9.55 Å². The first kappa shape index (κ1) is 31.5. The Morgan fingerprint density at radius 2 is 1.60 bits per heavy atom. The van der Waals surface area contributed by atoms with Crippen LogP contribution in [0, 0.1) is 11.3 Å². The van der Waals surface area contributed by atoms with Gasteiger partial charge in [0.1, 0.15) is 11.5 Å². The minimum Gasteiger partial charge on any atom is -0.411 e. The van der Waals surface area contributed by atoms with Crippen LogP contribution in [0.5, 0.6) is 0 Å². The summed E-state index contributed by atoms with van der Waals surface area (Å²) in [5.74, 6) is -4.95.